The van der Waals surface area contributed by atoms with E-state index in [1.165, 1.54) is 0 Å². The van der Waals surface area contributed by atoms with E-state index in [1.807, 2.05) is 83.8 Å². The van der Waals surface area contributed by atoms with Gasteiger partial charge in [0.25, 0.3) is 0 Å². The lowest BCUT2D eigenvalue weighted by Crippen LogP contribution is -2.54. The molecule has 52 heavy (non-hydrogen) atoms. The summed E-state index contributed by atoms with van der Waals surface area (Å²) in [6, 6.07) is 29.0. The van der Waals surface area contributed by atoms with E-state index >= 15 is 4.79 Å². The van der Waals surface area contributed by atoms with Crippen LogP contribution in [0.2, 0.25) is 0 Å². The van der Waals surface area contributed by atoms with Crippen molar-refractivity contribution in [1.29, 1.82) is 0 Å². The Kier molecular flexibility index (Phi) is 8.74. The number of fused-ring (bicyclic) bond motifs is 3. The Balaban J connectivity index is 1.41. The Bertz CT molecular complexity index is 2140. The van der Waals surface area contributed by atoms with Gasteiger partial charge in [0, 0.05) is 17.8 Å². The predicted molar refractivity (Wildman–Crippen MR) is 198 cm³/mol. The molecular weight excluding hydrogens is 650 g/mol. The number of rotatable bonds is 6. The Labute approximate surface area is 303 Å². The van der Waals surface area contributed by atoms with Crippen LogP contribution in [0.5, 0.6) is 5.75 Å². The number of ether oxygens (including phenoxy) is 1. The predicted octanol–water partition coefficient (Wildman–Crippen LogP) is 6.82. The molecule has 8 nitrogen and oxygen atoms in total. The molecular formula is C44H39N3O5. The van der Waals surface area contributed by atoms with Gasteiger partial charge in [0.15, 0.2) is 0 Å². The molecule has 0 aromatic heterocycles. The van der Waals surface area contributed by atoms with Gasteiger partial charge in [0.2, 0.25) is 11.8 Å². The van der Waals surface area contributed by atoms with E-state index in [2.05, 4.69) is 35.1 Å². The number of esters is 1. The van der Waals surface area contributed by atoms with Gasteiger partial charge in [-0.25, -0.2) is 0 Å². The van der Waals surface area contributed by atoms with Crippen LogP contribution in [0.25, 0.3) is 0 Å². The summed E-state index contributed by atoms with van der Waals surface area (Å²) < 4.78 is 6.42. The molecule has 0 bridgehead atoms. The summed E-state index contributed by atoms with van der Waals surface area (Å²) in [7, 11) is 0. The topological polar surface area (TPSA) is 108 Å². The Morgan fingerprint density at radius 3 is 2.35 bits per heavy atom. The van der Waals surface area contributed by atoms with Crippen LogP contribution in [0.15, 0.2) is 127 Å². The average Bonchev–Trinajstić information content (AvgIpc) is 3.66. The molecule has 3 N–H and O–H groups in total. The van der Waals surface area contributed by atoms with Crippen LogP contribution in [-0.2, 0) is 24.5 Å². The summed E-state index contributed by atoms with van der Waals surface area (Å²) in [5.41, 5.74) is 3.64. The summed E-state index contributed by atoms with van der Waals surface area (Å²) in [5, 5.41) is 16.5. The van der Waals surface area contributed by atoms with Crippen LogP contribution in [0, 0.1) is 17.8 Å². The van der Waals surface area contributed by atoms with Gasteiger partial charge in [0.1, 0.15) is 23.3 Å². The number of anilines is 1. The fourth-order valence-corrected chi connectivity index (χ4v) is 8.71. The van der Waals surface area contributed by atoms with Crippen molar-refractivity contribution in [2.75, 3.05) is 11.9 Å². The van der Waals surface area contributed by atoms with Gasteiger partial charge in [-0.05, 0) is 83.8 Å². The quantitative estimate of drug-likeness (QED) is 0.117. The van der Waals surface area contributed by atoms with Crippen molar-refractivity contribution in [3.63, 3.8) is 0 Å². The fraction of sp³-hybridized carbons (Fsp3) is 0.250. The minimum Gasteiger partial charge on any atom is -0.508 e. The number of nitrogens with one attached hydrogen (secondary N) is 2. The molecule has 2 amide bonds. The minimum absolute atomic E-state index is 0.0540. The lowest BCUT2D eigenvalue weighted by molar-refractivity contribution is -0.178. The van der Waals surface area contributed by atoms with Crippen molar-refractivity contribution in [1.82, 2.24) is 10.2 Å². The smallest absolute Gasteiger partial charge is 0.324 e. The van der Waals surface area contributed by atoms with Crippen molar-refractivity contribution in [3.8, 4) is 17.6 Å². The number of cyclic esters (lactones) is 1. The van der Waals surface area contributed by atoms with Gasteiger partial charge in [-0.2, -0.15) is 0 Å². The number of phenols is 1. The molecule has 4 aliphatic rings. The SMILES string of the molecule is C=CCNC(=O)C1C2C(=O)OC(c3ccccc3)C(c3ccccc3)N2C(c2ccc(O)cc2)C12C(=O)Nc1ccc(C#CC3=CCCCC3)cc12. The van der Waals surface area contributed by atoms with Crippen molar-refractivity contribution in [3.05, 3.63) is 155 Å². The third-order valence-electron chi connectivity index (χ3n) is 10.9. The first kappa shape index (κ1) is 33.2. The molecule has 6 unspecified atom stereocenters. The lowest BCUT2D eigenvalue weighted by atomic mass is 9.65. The molecule has 4 aromatic carbocycles. The third kappa shape index (κ3) is 5.49. The molecule has 3 heterocycles. The van der Waals surface area contributed by atoms with Crippen LogP contribution < -0.4 is 10.6 Å². The molecule has 3 aliphatic heterocycles. The highest BCUT2D eigenvalue weighted by molar-refractivity contribution is 6.12. The van der Waals surface area contributed by atoms with Crippen LogP contribution in [0.4, 0.5) is 5.69 Å². The van der Waals surface area contributed by atoms with Crippen molar-refractivity contribution in [2.24, 2.45) is 5.92 Å². The number of hydrogen-bond donors (Lipinski definition) is 3. The highest BCUT2D eigenvalue weighted by Crippen LogP contribution is 2.64. The van der Waals surface area contributed by atoms with Gasteiger partial charge < -0.3 is 20.5 Å². The summed E-state index contributed by atoms with van der Waals surface area (Å²) in [6.07, 6.45) is 7.19. The maximum absolute atomic E-state index is 15.1. The van der Waals surface area contributed by atoms with E-state index in [0.717, 1.165) is 42.4 Å². The third-order valence-corrected chi connectivity index (χ3v) is 10.9. The monoisotopic (exact) mass is 689 g/mol. The van der Waals surface area contributed by atoms with Crippen LogP contribution in [0.3, 0.4) is 0 Å². The van der Waals surface area contributed by atoms with Crippen LogP contribution in [0.1, 0.15) is 71.7 Å². The number of phenolic OH excluding ortho intramolecular Hbond substituents is 1. The van der Waals surface area contributed by atoms with Gasteiger partial charge >= 0.3 is 5.97 Å². The standard InChI is InChI=1S/C44H39N3O5/c1-2-26-45-41(49)36-38-42(50)52-39(31-16-10-5-11-17-31)37(30-14-8-4-9-15-30)47(38)40(32-21-23-33(48)24-22-32)44(36)34-27-29(20-25-35(34)46-43(44)51)19-18-28-12-6-3-7-13-28/h2,4-5,8-12,14-17,20-25,27,36-40,48H,1,3,6-7,13,26H2,(H,45,49)(H,46,51). The van der Waals surface area contributed by atoms with Crippen molar-refractivity contribution < 1.29 is 24.2 Å². The minimum atomic E-state index is -1.61. The Morgan fingerprint density at radius 2 is 1.65 bits per heavy atom. The number of nitrogens with zero attached hydrogens (tertiary/aromatic N) is 1. The number of amides is 2. The first-order chi connectivity index (χ1) is 25.4. The molecule has 0 saturated carbocycles. The number of morpholine rings is 1. The van der Waals surface area contributed by atoms with Gasteiger partial charge in [-0.15, -0.1) is 6.58 Å². The molecule has 260 valence electrons. The number of carbonyl (C=O) groups is 3. The Hall–Kier alpha value is -5.91. The van der Waals surface area contributed by atoms with Crippen LogP contribution in [-0.4, -0.2) is 40.4 Å². The zero-order valence-electron chi connectivity index (χ0n) is 28.6. The lowest BCUT2D eigenvalue weighted by Gasteiger charge is -2.46. The van der Waals surface area contributed by atoms with E-state index in [9.17, 15) is 14.7 Å². The van der Waals surface area contributed by atoms with Crippen molar-refractivity contribution in [2.45, 2.75) is 55.3 Å². The fourth-order valence-electron chi connectivity index (χ4n) is 8.71. The molecule has 8 rings (SSSR count). The summed E-state index contributed by atoms with van der Waals surface area (Å²) in [6.45, 7) is 3.93. The first-order valence-corrected chi connectivity index (χ1v) is 17.8. The van der Waals surface area contributed by atoms with E-state index in [4.69, 9.17) is 4.74 Å². The summed E-state index contributed by atoms with van der Waals surface area (Å²) in [5.74, 6) is 4.05. The summed E-state index contributed by atoms with van der Waals surface area (Å²) in [4.78, 5) is 46.5. The normalized spacial score (nSPS) is 26.2. The molecule has 2 fully saturated rings. The maximum Gasteiger partial charge on any atom is 0.324 e. The number of hydrogen-bond acceptors (Lipinski definition) is 6. The van der Waals surface area contributed by atoms with Gasteiger partial charge in [-0.1, -0.05) is 96.8 Å². The van der Waals surface area contributed by atoms with E-state index in [1.54, 1.807) is 30.3 Å². The largest absolute Gasteiger partial charge is 0.508 e. The highest BCUT2D eigenvalue weighted by atomic mass is 16.6. The zero-order chi connectivity index (χ0) is 35.8. The number of aromatic hydroxyl groups is 1. The van der Waals surface area contributed by atoms with E-state index in [0.29, 0.717) is 22.4 Å². The summed E-state index contributed by atoms with van der Waals surface area (Å²) >= 11 is 0. The molecule has 4 aromatic rings. The number of benzene rings is 4. The molecule has 1 aliphatic carbocycles. The second-order valence-electron chi connectivity index (χ2n) is 13.8. The molecule has 0 radical (unpaired) electrons. The zero-order valence-corrected chi connectivity index (χ0v) is 28.6. The number of allylic oxidation sites excluding steroid dienone is 2. The van der Waals surface area contributed by atoms with Gasteiger partial charge in [0.05, 0.1) is 18.0 Å². The van der Waals surface area contributed by atoms with Crippen molar-refractivity contribution >= 4 is 23.5 Å². The molecule has 8 heteroatoms. The molecule has 2 saturated heterocycles. The molecule has 6 atom stereocenters. The second kappa shape index (κ2) is 13.7. The average molecular weight is 690 g/mol. The van der Waals surface area contributed by atoms with E-state index < -0.39 is 53.3 Å². The van der Waals surface area contributed by atoms with Crippen LogP contribution >= 0.6 is 0 Å². The highest BCUT2D eigenvalue weighted by Gasteiger charge is 2.74. The number of carbonyl (C=O) groups excluding carboxylic acids is 3. The van der Waals surface area contributed by atoms with Gasteiger partial charge in [-0.3, -0.25) is 19.3 Å². The second-order valence-corrected chi connectivity index (χ2v) is 13.8. The van der Waals surface area contributed by atoms with E-state index in [-0.39, 0.29) is 12.3 Å². The first-order valence-electron chi connectivity index (χ1n) is 17.8. The molecule has 1 spiro atoms. The maximum atomic E-state index is 15.1. The Morgan fingerprint density at radius 1 is 0.923 bits per heavy atom.